The Hall–Kier alpha value is -3.50. The first-order chi connectivity index (χ1) is 15.3. The van der Waals surface area contributed by atoms with Gasteiger partial charge in [0.1, 0.15) is 5.69 Å². The quantitative estimate of drug-likeness (QED) is 0.614. The average molecular weight is 440 g/mol. The van der Waals surface area contributed by atoms with Crippen molar-refractivity contribution in [2.24, 2.45) is 5.92 Å². The Morgan fingerprint density at radius 3 is 2.75 bits per heavy atom. The Labute approximate surface area is 183 Å². The van der Waals surface area contributed by atoms with Crippen LogP contribution in [0.3, 0.4) is 0 Å². The third-order valence-electron chi connectivity index (χ3n) is 6.07. The second kappa shape index (κ2) is 7.57. The number of piperidine rings is 1. The molecule has 0 N–H and O–H groups in total. The Bertz CT molecular complexity index is 1150. The summed E-state index contributed by atoms with van der Waals surface area (Å²) in [6, 6.07) is 4.73. The number of anilines is 1. The molecule has 32 heavy (non-hydrogen) atoms. The molecular weight excluding hydrogens is 418 g/mol. The van der Waals surface area contributed by atoms with E-state index in [0.29, 0.717) is 36.9 Å². The first-order valence-electron chi connectivity index (χ1n) is 10.4. The fraction of sp³-hybridized carbons (Fsp3) is 0.429. The molecule has 0 aromatic carbocycles. The Balaban J connectivity index is 1.38. The van der Waals surface area contributed by atoms with Crippen LogP contribution in [0.4, 0.5) is 14.7 Å². The number of alkyl halides is 2. The zero-order valence-electron chi connectivity index (χ0n) is 17.7. The summed E-state index contributed by atoms with van der Waals surface area (Å²) < 4.78 is 28.9. The van der Waals surface area contributed by atoms with Crippen LogP contribution in [-0.4, -0.2) is 66.4 Å². The molecule has 2 unspecified atom stereocenters. The van der Waals surface area contributed by atoms with Crippen molar-refractivity contribution in [2.75, 3.05) is 24.5 Å². The van der Waals surface area contributed by atoms with Gasteiger partial charge in [-0.05, 0) is 31.5 Å². The summed E-state index contributed by atoms with van der Waals surface area (Å²) >= 11 is 0. The van der Waals surface area contributed by atoms with Crippen molar-refractivity contribution in [3.05, 3.63) is 53.7 Å². The molecular formula is C21H22F2N8O. The molecule has 0 radical (unpaired) electrons. The van der Waals surface area contributed by atoms with Gasteiger partial charge < -0.3 is 9.80 Å². The van der Waals surface area contributed by atoms with Crippen LogP contribution in [0.2, 0.25) is 0 Å². The minimum absolute atomic E-state index is 0.0458. The Kier molecular flexibility index (Phi) is 4.83. The monoisotopic (exact) mass is 440 g/mol. The second-order valence-electron chi connectivity index (χ2n) is 8.32. The number of likely N-dealkylation sites (tertiary alicyclic amines) is 1. The van der Waals surface area contributed by atoms with E-state index in [1.165, 1.54) is 23.1 Å². The van der Waals surface area contributed by atoms with Crippen molar-refractivity contribution in [1.82, 2.24) is 34.8 Å². The van der Waals surface area contributed by atoms with Gasteiger partial charge in [0.25, 0.3) is 11.8 Å². The molecule has 0 bridgehead atoms. The molecule has 2 atom stereocenters. The summed E-state index contributed by atoms with van der Waals surface area (Å²) in [6.07, 6.45) is 5.37. The second-order valence-corrected chi connectivity index (χ2v) is 8.32. The van der Waals surface area contributed by atoms with Crippen LogP contribution in [0.5, 0.6) is 0 Å². The normalized spacial score (nSPS) is 20.6. The van der Waals surface area contributed by atoms with Gasteiger partial charge in [0.15, 0.2) is 5.82 Å². The standard InChI is InChI=1S/C21H22F2N8O/c1-13-3-4-15(18(26-13)31-10-8-25-28-31)19(32)30-11-14-6-9-29(12-16(14)30)20-24-7-5-17(27-20)21(2,22)23/h3-5,7-8,10,14,16H,6,9,11-12H2,1-2H3. The molecule has 166 valence electrons. The number of pyridine rings is 1. The molecule has 0 spiro atoms. The third kappa shape index (κ3) is 3.57. The van der Waals surface area contributed by atoms with Crippen LogP contribution >= 0.6 is 0 Å². The topological polar surface area (TPSA) is 92.9 Å². The molecule has 9 nitrogen and oxygen atoms in total. The van der Waals surface area contributed by atoms with Crippen LogP contribution in [0.1, 0.15) is 35.1 Å². The number of amides is 1. The molecule has 0 saturated carbocycles. The van der Waals surface area contributed by atoms with Gasteiger partial charge in [-0.1, -0.05) is 5.21 Å². The summed E-state index contributed by atoms with van der Waals surface area (Å²) in [5.74, 6) is -2.11. The van der Waals surface area contributed by atoms with Gasteiger partial charge in [-0.15, -0.1) is 5.10 Å². The molecule has 11 heteroatoms. The largest absolute Gasteiger partial charge is 0.339 e. The van der Waals surface area contributed by atoms with E-state index in [2.05, 4.69) is 25.3 Å². The van der Waals surface area contributed by atoms with E-state index in [1.807, 2.05) is 16.7 Å². The first kappa shape index (κ1) is 20.4. The molecule has 5 rings (SSSR count). The van der Waals surface area contributed by atoms with Crippen molar-refractivity contribution in [3.8, 4) is 5.82 Å². The number of nitrogens with zero attached hydrogens (tertiary/aromatic N) is 8. The van der Waals surface area contributed by atoms with Crippen molar-refractivity contribution in [2.45, 2.75) is 32.2 Å². The predicted molar refractivity (Wildman–Crippen MR) is 111 cm³/mol. The van der Waals surface area contributed by atoms with Crippen molar-refractivity contribution in [1.29, 1.82) is 0 Å². The van der Waals surface area contributed by atoms with Gasteiger partial charge in [-0.2, -0.15) is 8.78 Å². The highest BCUT2D eigenvalue weighted by Gasteiger charge is 2.46. The van der Waals surface area contributed by atoms with Crippen LogP contribution in [0, 0.1) is 12.8 Å². The van der Waals surface area contributed by atoms with Crippen molar-refractivity contribution < 1.29 is 13.6 Å². The lowest BCUT2D eigenvalue weighted by atomic mass is 9.82. The lowest BCUT2D eigenvalue weighted by Gasteiger charge is -2.53. The van der Waals surface area contributed by atoms with Crippen LogP contribution < -0.4 is 4.90 Å². The highest BCUT2D eigenvalue weighted by Crippen LogP contribution is 2.35. The molecule has 2 fully saturated rings. The van der Waals surface area contributed by atoms with E-state index >= 15 is 0 Å². The van der Waals surface area contributed by atoms with Gasteiger partial charge in [0, 0.05) is 44.4 Å². The van der Waals surface area contributed by atoms with E-state index in [9.17, 15) is 13.6 Å². The van der Waals surface area contributed by atoms with Crippen molar-refractivity contribution in [3.63, 3.8) is 0 Å². The minimum atomic E-state index is -3.04. The van der Waals surface area contributed by atoms with Gasteiger partial charge in [0.05, 0.1) is 24.0 Å². The predicted octanol–water partition coefficient (Wildman–Crippen LogP) is 2.22. The van der Waals surface area contributed by atoms with Crippen LogP contribution in [-0.2, 0) is 5.92 Å². The van der Waals surface area contributed by atoms with E-state index in [0.717, 1.165) is 19.0 Å². The van der Waals surface area contributed by atoms with Gasteiger partial charge in [0.2, 0.25) is 5.95 Å². The molecule has 3 aromatic rings. The average Bonchev–Trinajstić information content (AvgIpc) is 3.29. The number of fused-ring (bicyclic) bond motifs is 1. The summed E-state index contributed by atoms with van der Waals surface area (Å²) in [6.45, 7) is 4.47. The number of carbonyl (C=O) groups excluding carboxylic acids is 1. The summed E-state index contributed by atoms with van der Waals surface area (Å²) in [5, 5.41) is 7.80. The van der Waals surface area contributed by atoms with E-state index in [-0.39, 0.29) is 23.6 Å². The number of aromatic nitrogens is 6. The smallest absolute Gasteiger partial charge is 0.287 e. The molecule has 2 saturated heterocycles. The first-order valence-corrected chi connectivity index (χ1v) is 10.4. The maximum atomic E-state index is 13.7. The Morgan fingerprint density at radius 1 is 1.16 bits per heavy atom. The highest BCUT2D eigenvalue weighted by atomic mass is 19.3. The fourth-order valence-electron chi connectivity index (χ4n) is 4.32. The van der Waals surface area contributed by atoms with Crippen LogP contribution in [0.25, 0.3) is 5.82 Å². The summed E-state index contributed by atoms with van der Waals surface area (Å²) in [4.78, 5) is 29.9. The lowest BCUT2D eigenvalue weighted by molar-refractivity contribution is 0.00725. The SMILES string of the molecule is Cc1ccc(C(=O)N2CC3CCN(c4nccc(C(C)(F)F)n4)CC32)c(-n2ccnn2)n1. The summed E-state index contributed by atoms with van der Waals surface area (Å²) in [7, 11) is 0. The minimum Gasteiger partial charge on any atom is -0.339 e. The number of carbonyl (C=O) groups is 1. The van der Waals surface area contributed by atoms with E-state index in [1.54, 1.807) is 18.3 Å². The maximum Gasteiger partial charge on any atom is 0.287 e. The maximum absolute atomic E-state index is 13.7. The lowest BCUT2D eigenvalue weighted by Crippen LogP contribution is -2.66. The molecule has 2 aliphatic heterocycles. The zero-order chi connectivity index (χ0) is 22.5. The molecule has 5 heterocycles. The number of hydrogen-bond acceptors (Lipinski definition) is 7. The van der Waals surface area contributed by atoms with E-state index in [4.69, 9.17) is 0 Å². The highest BCUT2D eigenvalue weighted by molar-refractivity contribution is 5.98. The number of rotatable bonds is 4. The molecule has 3 aromatic heterocycles. The molecule has 0 aliphatic carbocycles. The van der Waals surface area contributed by atoms with Crippen molar-refractivity contribution >= 4 is 11.9 Å². The van der Waals surface area contributed by atoms with Gasteiger partial charge >= 0.3 is 0 Å². The zero-order valence-corrected chi connectivity index (χ0v) is 17.7. The molecule has 2 aliphatic rings. The van der Waals surface area contributed by atoms with Gasteiger partial charge in [-0.3, -0.25) is 4.79 Å². The summed E-state index contributed by atoms with van der Waals surface area (Å²) in [5.41, 5.74) is 0.900. The third-order valence-corrected chi connectivity index (χ3v) is 6.07. The van der Waals surface area contributed by atoms with Gasteiger partial charge in [-0.25, -0.2) is 19.6 Å². The fourth-order valence-corrected chi connectivity index (χ4v) is 4.32. The molecule has 1 amide bonds. The van der Waals surface area contributed by atoms with Crippen LogP contribution in [0.15, 0.2) is 36.8 Å². The number of halogens is 2. The number of aryl methyl sites for hydroxylation is 1. The Morgan fingerprint density at radius 2 is 2.00 bits per heavy atom. The van der Waals surface area contributed by atoms with E-state index < -0.39 is 5.92 Å². The number of hydrogen-bond donors (Lipinski definition) is 0.